The van der Waals surface area contributed by atoms with Crippen LogP contribution in [0.5, 0.6) is 0 Å². The van der Waals surface area contributed by atoms with Crippen LogP contribution >= 0.6 is 15.9 Å². The highest BCUT2D eigenvalue weighted by atomic mass is 79.9. The summed E-state index contributed by atoms with van der Waals surface area (Å²) < 4.78 is 14.2. The summed E-state index contributed by atoms with van der Waals surface area (Å²) in [5, 5.41) is 12.4. The predicted octanol–water partition coefficient (Wildman–Crippen LogP) is 3.87. The third kappa shape index (κ3) is 3.97. The molecule has 1 aliphatic carbocycles. The molecule has 1 amide bonds. The standard InChI is InChI=1S/C19H16BrFN4O/c20-16-5-3-4-15(24-16)10-13(12-22)18(26)25-19(7-1-2-8-19)14-6-9-23-17(21)11-14/h3-6,9-11H,1-2,7-8H2,(H,25,26)/b13-10+. The van der Waals surface area contributed by atoms with Gasteiger partial charge in [0.2, 0.25) is 5.95 Å². The Balaban J connectivity index is 1.89. The number of pyridine rings is 2. The molecule has 1 fully saturated rings. The summed E-state index contributed by atoms with van der Waals surface area (Å²) in [5.41, 5.74) is 0.452. The molecule has 132 valence electrons. The molecule has 2 aromatic heterocycles. The van der Waals surface area contributed by atoms with Gasteiger partial charge in [-0.2, -0.15) is 9.65 Å². The van der Waals surface area contributed by atoms with Gasteiger partial charge in [-0.1, -0.05) is 18.9 Å². The first-order valence-corrected chi connectivity index (χ1v) is 9.01. The average Bonchev–Trinajstić information content (AvgIpc) is 3.09. The van der Waals surface area contributed by atoms with Crippen LogP contribution in [-0.2, 0) is 10.3 Å². The summed E-state index contributed by atoms with van der Waals surface area (Å²) in [5.74, 6) is -1.08. The van der Waals surface area contributed by atoms with E-state index in [1.54, 1.807) is 24.3 Å². The van der Waals surface area contributed by atoms with E-state index in [-0.39, 0.29) is 5.57 Å². The van der Waals surface area contributed by atoms with Crippen molar-refractivity contribution in [2.75, 3.05) is 0 Å². The molecule has 26 heavy (non-hydrogen) atoms. The van der Waals surface area contributed by atoms with Gasteiger partial charge in [-0.15, -0.1) is 0 Å². The number of aromatic nitrogens is 2. The highest BCUT2D eigenvalue weighted by Gasteiger charge is 2.38. The van der Waals surface area contributed by atoms with Crippen LogP contribution in [0.2, 0.25) is 0 Å². The molecule has 0 saturated heterocycles. The van der Waals surface area contributed by atoms with Gasteiger partial charge in [0.15, 0.2) is 0 Å². The van der Waals surface area contributed by atoms with Crippen LogP contribution in [-0.4, -0.2) is 15.9 Å². The van der Waals surface area contributed by atoms with Crippen molar-refractivity contribution in [1.82, 2.24) is 15.3 Å². The highest BCUT2D eigenvalue weighted by Crippen LogP contribution is 2.39. The van der Waals surface area contributed by atoms with E-state index in [0.29, 0.717) is 28.7 Å². The maximum absolute atomic E-state index is 13.6. The third-order valence-corrected chi connectivity index (χ3v) is 4.92. The van der Waals surface area contributed by atoms with E-state index in [0.717, 1.165) is 12.8 Å². The molecule has 0 unspecified atom stereocenters. The molecule has 0 atom stereocenters. The van der Waals surface area contributed by atoms with Crippen LogP contribution < -0.4 is 5.32 Å². The normalized spacial score (nSPS) is 16.1. The number of nitriles is 1. The molecule has 2 aromatic rings. The van der Waals surface area contributed by atoms with E-state index in [1.807, 2.05) is 6.07 Å². The second kappa shape index (κ2) is 7.75. The molecular formula is C19H16BrFN4O. The van der Waals surface area contributed by atoms with Gasteiger partial charge in [0, 0.05) is 6.20 Å². The summed E-state index contributed by atoms with van der Waals surface area (Å²) >= 11 is 3.26. The zero-order valence-electron chi connectivity index (χ0n) is 13.9. The first kappa shape index (κ1) is 18.2. The number of rotatable bonds is 4. The number of amides is 1. The highest BCUT2D eigenvalue weighted by molar-refractivity contribution is 9.10. The van der Waals surface area contributed by atoms with E-state index in [2.05, 4.69) is 31.2 Å². The monoisotopic (exact) mass is 414 g/mol. The van der Waals surface area contributed by atoms with Crippen molar-refractivity contribution < 1.29 is 9.18 Å². The summed E-state index contributed by atoms with van der Waals surface area (Å²) in [7, 11) is 0. The molecule has 1 saturated carbocycles. The summed E-state index contributed by atoms with van der Waals surface area (Å²) in [6.07, 6.45) is 6.05. The molecule has 0 spiro atoms. The van der Waals surface area contributed by atoms with Gasteiger partial charge < -0.3 is 5.32 Å². The topological polar surface area (TPSA) is 78.7 Å². The first-order chi connectivity index (χ1) is 12.5. The molecule has 2 heterocycles. The number of carbonyl (C=O) groups excluding carboxylic acids is 1. The minimum Gasteiger partial charge on any atom is -0.342 e. The fourth-order valence-corrected chi connectivity index (χ4v) is 3.61. The van der Waals surface area contributed by atoms with Crippen molar-refractivity contribution in [1.29, 1.82) is 5.26 Å². The molecule has 1 N–H and O–H groups in total. The smallest absolute Gasteiger partial charge is 0.262 e. The Kier molecular flexibility index (Phi) is 5.43. The van der Waals surface area contributed by atoms with E-state index in [1.165, 1.54) is 18.3 Å². The lowest BCUT2D eigenvalue weighted by Crippen LogP contribution is -2.44. The quantitative estimate of drug-likeness (QED) is 0.467. The van der Waals surface area contributed by atoms with Crippen molar-refractivity contribution in [3.8, 4) is 6.07 Å². The first-order valence-electron chi connectivity index (χ1n) is 8.21. The Bertz CT molecular complexity index is 900. The zero-order valence-corrected chi connectivity index (χ0v) is 15.5. The van der Waals surface area contributed by atoms with Crippen molar-refractivity contribution in [2.45, 2.75) is 31.2 Å². The maximum Gasteiger partial charge on any atom is 0.262 e. The van der Waals surface area contributed by atoms with Gasteiger partial charge in [-0.05, 0) is 64.7 Å². The lowest BCUT2D eigenvalue weighted by molar-refractivity contribution is -0.119. The third-order valence-electron chi connectivity index (χ3n) is 4.48. The summed E-state index contributed by atoms with van der Waals surface area (Å²) in [6.45, 7) is 0. The minimum absolute atomic E-state index is 0.0450. The summed E-state index contributed by atoms with van der Waals surface area (Å²) in [6, 6.07) is 10.2. The van der Waals surface area contributed by atoms with Crippen molar-refractivity contribution in [3.63, 3.8) is 0 Å². The van der Waals surface area contributed by atoms with Crippen molar-refractivity contribution >= 4 is 27.9 Å². The number of hydrogen-bond donors (Lipinski definition) is 1. The van der Waals surface area contributed by atoms with Crippen LogP contribution in [0.4, 0.5) is 4.39 Å². The number of hydrogen-bond acceptors (Lipinski definition) is 4. The van der Waals surface area contributed by atoms with Crippen LogP contribution in [0.15, 0.2) is 46.7 Å². The van der Waals surface area contributed by atoms with Crippen LogP contribution in [0, 0.1) is 17.3 Å². The Morgan fingerprint density at radius 1 is 1.35 bits per heavy atom. The van der Waals surface area contributed by atoms with Gasteiger partial charge in [0.05, 0.1) is 11.2 Å². The lowest BCUT2D eigenvalue weighted by atomic mass is 9.88. The molecule has 0 aromatic carbocycles. The number of nitrogens with one attached hydrogen (secondary N) is 1. The molecule has 0 aliphatic heterocycles. The minimum atomic E-state index is -0.679. The van der Waals surface area contributed by atoms with Gasteiger partial charge in [-0.3, -0.25) is 4.79 Å². The summed E-state index contributed by atoms with van der Waals surface area (Å²) in [4.78, 5) is 20.5. The van der Waals surface area contributed by atoms with Crippen molar-refractivity contribution in [2.24, 2.45) is 0 Å². The second-order valence-electron chi connectivity index (χ2n) is 6.17. The van der Waals surface area contributed by atoms with Gasteiger partial charge in [0.1, 0.15) is 16.2 Å². The van der Waals surface area contributed by atoms with Crippen LogP contribution in [0.3, 0.4) is 0 Å². The SMILES string of the molecule is N#C/C(=C\c1cccc(Br)n1)C(=O)NC1(c2ccnc(F)c2)CCCC1. The Labute approximate surface area is 159 Å². The molecular weight excluding hydrogens is 399 g/mol. The Morgan fingerprint density at radius 2 is 2.12 bits per heavy atom. The van der Waals surface area contributed by atoms with Crippen LogP contribution in [0.25, 0.3) is 6.08 Å². The molecule has 5 nitrogen and oxygen atoms in total. The van der Waals surface area contributed by atoms with E-state index < -0.39 is 17.4 Å². The molecule has 1 aliphatic rings. The number of carbonyl (C=O) groups is 1. The maximum atomic E-state index is 13.6. The van der Waals surface area contributed by atoms with E-state index in [4.69, 9.17) is 0 Å². The molecule has 7 heteroatoms. The number of halogens is 2. The fraction of sp³-hybridized carbons (Fsp3) is 0.263. The van der Waals surface area contributed by atoms with Gasteiger partial charge >= 0.3 is 0 Å². The predicted molar refractivity (Wildman–Crippen MR) is 98.0 cm³/mol. The van der Waals surface area contributed by atoms with E-state index in [9.17, 15) is 14.4 Å². The van der Waals surface area contributed by atoms with Gasteiger partial charge in [0.25, 0.3) is 5.91 Å². The Morgan fingerprint density at radius 3 is 2.77 bits per heavy atom. The number of nitrogens with zero attached hydrogens (tertiary/aromatic N) is 3. The van der Waals surface area contributed by atoms with Gasteiger partial charge in [-0.25, -0.2) is 9.97 Å². The molecule has 0 radical (unpaired) electrons. The molecule has 0 bridgehead atoms. The van der Waals surface area contributed by atoms with Crippen LogP contribution in [0.1, 0.15) is 36.9 Å². The largest absolute Gasteiger partial charge is 0.342 e. The zero-order chi connectivity index (χ0) is 18.6. The molecule has 3 rings (SSSR count). The lowest BCUT2D eigenvalue weighted by Gasteiger charge is -2.30. The average molecular weight is 415 g/mol. The fourth-order valence-electron chi connectivity index (χ4n) is 3.25. The van der Waals surface area contributed by atoms with E-state index >= 15 is 0 Å². The second-order valence-corrected chi connectivity index (χ2v) is 6.98. The van der Waals surface area contributed by atoms with Crippen molar-refractivity contribution in [3.05, 3.63) is 63.9 Å². The Hall–Kier alpha value is -2.59.